The first-order valence-corrected chi connectivity index (χ1v) is 7.60. The first kappa shape index (κ1) is 19.0. The van der Waals surface area contributed by atoms with Gasteiger partial charge in [0.05, 0.1) is 23.9 Å². The van der Waals surface area contributed by atoms with Crippen LogP contribution in [0.4, 0.5) is 0 Å². The van der Waals surface area contributed by atoms with Crippen molar-refractivity contribution in [2.45, 2.75) is 64.8 Å². The molecule has 2 N–H and O–H groups in total. The predicted octanol–water partition coefficient (Wildman–Crippen LogP) is 1.55. The molecule has 5 heteroatoms. The molecule has 0 aromatic heterocycles. The molecular formula is C17H29BO4. The van der Waals surface area contributed by atoms with Gasteiger partial charge < -0.3 is 19.6 Å². The van der Waals surface area contributed by atoms with Crippen molar-refractivity contribution in [1.29, 1.82) is 0 Å². The highest BCUT2D eigenvalue weighted by Crippen LogP contribution is 2.24. The summed E-state index contributed by atoms with van der Waals surface area (Å²) in [5, 5.41) is 20.1. The maximum atomic E-state index is 10.2. The summed E-state index contributed by atoms with van der Waals surface area (Å²) in [6.45, 7) is 10.7. The molecule has 1 aromatic rings. The Balaban J connectivity index is 2.95. The highest BCUT2D eigenvalue weighted by atomic mass is 16.5. The number of methoxy groups -OCH3 is 1. The minimum atomic E-state index is -0.953. The Hall–Kier alpha value is -1.04. The largest absolute Gasteiger partial charge is 0.497 e. The molecule has 0 radical (unpaired) electrons. The second-order valence-corrected chi connectivity index (χ2v) is 7.49. The molecule has 0 unspecified atom stereocenters. The molecule has 1 rings (SSSR count). The zero-order valence-corrected chi connectivity index (χ0v) is 14.9. The highest BCUT2D eigenvalue weighted by Gasteiger charge is 2.35. The molecule has 0 heterocycles. The summed E-state index contributed by atoms with van der Waals surface area (Å²) in [4.78, 5) is 0. The van der Waals surface area contributed by atoms with Crippen LogP contribution in [-0.2, 0) is 11.1 Å². The molecule has 0 saturated carbocycles. The number of rotatable bonds is 7. The van der Waals surface area contributed by atoms with Crippen molar-refractivity contribution in [2.75, 3.05) is 7.11 Å². The van der Waals surface area contributed by atoms with Crippen molar-refractivity contribution in [1.82, 2.24) is 0 Å². The Bertz CT molecular complexity index is 498. The lowest BCUT2D eigenvalue weighted by molar-refractivity contribution is -0.0893. The summed E-state index contributed by atoms with van der Waals surface area (Å²) in [5.74, 6) is 0.742. The van der Waals surface area contributed by atoms with E-state index in [1.165, 1.54) is 0 Å². The number of ether oxygens (including phenoxy) is 1. The summed E-state index contributed by atoms with van der Waals surface area (Å²) in [5.41, 5.74) is -0.483. The van der Waals surface area contributed by atoms with Gasteiger partial charge in [0, 0.05) is 6.42 Å². The van der Waals surface area contributed by atoms with E-state index in [4.69, 9.17) is 9.39 Å². The summed E-state index contributed by atoms with van der Waals surface area (Å²) >= 11 is 0. The van der Waals surface area contributed by atoms with Gasteiger partial charge in [0.1, 0.15) is 5.75 Å². The van der Waals surface area contributed by atoms with Gasteiger partial charge in [-0.2, -0.15) is 0 Å². The molecule has 0 amide bonds. The van der Waals surface area contributed by atoms with E-state index in [9.17, 15) is 10.2 Å². The molecule has 0 saturated heterocycles. The fraction of sp³-hybridized carbons (Fsp3) is 0.647. The van der Waals surface area contributed by atoms with E-state index >= 15 is 0 Å². The molecule has 0 aliphatic rings. The number of benzene rings is 1. The Labute approximate surface area is 134 Å². The maximum Gasteiger partial charge on any atom is 0.313 e. The minimum Gasteiger partial charge on any atom is -0.497 e. The van der Waals surface area contributed by atoms with E-state index in [2.05, 4.69) is 0 Å². The third-order valence-corrected chi connectivity index (χ3v) is 4.04. The first-order valence-electron chi connectivity index (χ1n) is 7.60. The van der Waals surface area contributed by atoms with Crippen molar-refractivity contribution >= 4 is 12.9 Å². The van der Waals surface area contributed by atoms with E-state index in [0.717, 1.165) is 16.8 Å². The van der Waals surface area contributed by atoms with Crippen LogP contribution >= 0.6 is 0 Å². The molecule has 0 atom stereocenters. The van der Waals surface area contributed by atoms with Gasteiger partial charge in [0.15, 0.2) is 0 Å². The van der Waals surface area contributed by atoms with Crippen LogP contribution in [0.3, 0.4) is 0 Å². The number of hydrogen-bond donors (Lipinski definition) is 2. The van der Waals surface area contributed by atoms with Gasteiger partial charge in [0.2, 0.25) is 0 Å². The lowest BCUT2D eigenvalue weighted by Crippen LogP contribution is -2.49. The van der Waals surface area contributed by atoms with Crippen LogP contribution in [0.25, 0.3) is 0 Å². The average Bonchev–Trinajstić information content (AvgIpc) is 2.33. The molecule has 1 aromatic carbocycles. The SMILES string of the molecule is COc1ccc(CC(C)(C)O)cc1BOC(C)(C)C(C)(C)O. The van der Waals surface area contributed by atoms with E-state index in [-0.39, 0.29) is 0 Å². The van der Waals surface area contributed by atoms with Crippen LogP contribution in [0, 0.1) is 0 Å². The number of aliphatic hydroxyl groups is 2. The van der Waals surface area contributed by atoms with Crippen molar-refractivity contribution < 1.29 is 19.6 Å². The Morgan fingerprint density at radius 3 is 2.09 bits per heavy atom. The Kier molecular flexibility index (Phi) is 5.71. The Morgan fingerprint density at radius 1 is 1.05 bits per heavy atom. The normalized spacial score (nSPS) is 13.1. The molecule has 22 heavy (non-hydrogen) atoms. The Morgan fingerprint density at radius 2 is 1.64 bits per heavy atom. The average molecular weight is 308 g/mol. The molecule has 0 fully saturated rings. The van der Waals surface area contributed by atoms with E-state index in [1.807, 2.05) is 32.0 Å². The van der Waals surface area contributed by atoms with Crippen LogP contribution in [0.15, 0.2) is 18.2 Å². The molecule has 124 valence electrons. The van der Waals surface area contributed by atoms with Gasteiger partial charge in [-0.15, -0.1) is 0 Å². The highest BCUT2D eigenvalue weighted by molar-refractivity contribution is 6.48. The molecule has 4 nitrogen and oxygen atoms in total. The summed E-state index contributed by atoms with van der Waals surface area (Å²) in [7, 11) is 1.95. The second-order valence-electron chi connectivity index (χ2n) is 7.49. The topological polar surface area (TPSA) is 58.9 Å². The molecular weight excluding hydrogens is 279 g/mol. The maximum absolute atomic E-state index is 10.2. The molecule has 0 spiro atoms. The fourth-order valence-corrected chi connectivity index (χ4v) is 1.99. The van der Waals surface area contributed by atoms with Crippen molar-refractivity contribution in [3.05, 3.63) is 23.8 Å². The van der Waals surface area contributed by atoms with Gasteiger partial charge >= 0.3 is 7.48 Å². The zero-order valence-electron chi connectivity index (χ0n) is 14.9. The van der Waals surface area contributed by atoms with E-state index < -0.39 is 16.8 Å². The molecule has 0 aliphatic carbocycles. The molecule has 0 aliphatic heterocycles. The lowest BCUT2D eigenvalue weighted by Gasteiger charge is -2.37. The van der Waals surface area contributed by atoms with Gasteiger partial charge in [-0.25, -0.2) is 0 Å². The van der Waals surface area contributed by atoms with Crippen LogP contribution in [0.2, 0.25) is 0 Å². The second kappa shape index (κ2) is 6.61. The summed E-state index contributed by atoms with van der Waals surface area (Å²) in [6, 6.07) is 5.82. The van der Waals surface area contributed by atoms with Gasteiger partial charge in [-0.1, -0.05) is 12.1 Å². The van der Waals surface area contributed by atoms with Gasteiger partial charge in [-0.3, -0.25) is 0 Å². The summed E-state index contributed by atoms with van der Waals surface area (Å²) < 4.78 is 11.3. The predicted molar refractivity (Wildman–Crippen MR) is 91.2 cm³/mol. The number of hydrogen-bond acceptors (Lipinski definition) is 4. The summed E-state index contributed by atoms with van der Waals surface area (Å²) in [6.07, 6.45) is 0.554. The zero-order chi connectivity index (χ0) is 17.2. The van der Waals surface area contributed by atoms with Crippen LogP contribution in [0.5, 0.6) is 5.75 Å². The van der Waals surface area contributed by atoms with Crippen LogP contribution in [0.1, 0.15) is 47.1 Å². The monoisotopic (exact) mass is 308 g/mol. The van der Waals surface area contributed by atoms with Gasteiger partial charge in [0.25, 0.3) is 0 Å². The smallest absolute Gasteiger partial charge is 0.313 e. The first-order chi connectivity index (χ1) is 9.86. The van der Waals surface area contributed by atoms with Crippen molar-refractivity contribution in [3.8, 4) is 5.75 Å². The molecule has 0 bridgehead atoms. The van der Waals surface area contributed by atoms with E-state index in [0.29, 0.717) is 13.9 Å². The van der Waals surface area contributed by atoms with Crippen molar-refractivity contribution in [3.63, 3.8) is 0 Å². The standard InChI is InChI=1S/C17H29BO4/c1-15(2,19)11-12-8-9-14(21-7)13(10-12)18-22-17(5,6)16(3,4)20/h8-10,18-20H,11H2,1-7H3. The van der Waals surface area contributed by atoms with Gasteiger partial charge in [-0.05, 0) is 58.6 Å². The van der Waals surface area contributed by atoms with E-state index in [1.54, 1.807) is 34.8 Å². The third kappa shape index (κ3) is 5.31. The van der Waals surface area contributed by atoms with Crippen LogP contribution < -0.4 is 10.2 Å². The minimum absolute atomic E-state index is 0.333. The fourth-order valence-electron chi connectivity index (χ4n) is 1.99. The quantitative estimate of drug-likeness (QED) is 0.751. The lowest BCUT2D eigenvalue weighted by atomic mass is 9.81. The van der Waals surface area contributed by atoms with Crippen LogP contribution in [-0.4, -0.2) is 41.6 Å². The third-order valence-electron chi connectivity index (χ3n) is 4.04. The van der Waals surface area contributed by atoms with Crippen molar-refractivity contribution in [2.24, 2.45) is 0 Å².